The van der Waals surface area contributed by atoms with Gasteiger partial charge in [-0.2, -0.15) is 0 Å². The summed E-state index contributed by atoms with van der Waals surface area (Å²) in [5.41, 5.74) is 7.26. The van der Waals surface area contributed by atoms with Crippen molar-refractivity contribution in [3.05, 3.63) is 59.7 Å². The van der Waals surface area contributed by atoms with Crippen molar-refractivity contribution in [3.63, 3.8) is 0 Å². The SMILES string of the molecule is COc1cccc(CCC(=O)Nc2ccc(C(N)=O)cc2)c1. The molecule has 0 radical (unpaired) electrons. The minimum absolute atomic E-state index is 0.0883. The second-order valence-corrected chi connectivity index (χ2v) is 4.84. The van der Waals surface area contributed by atoms with Crippen molar-refractivity contribution in [1.82, 2.24) is 0 Å². The first-order valence-electron chi connectivity index (χ1n) is 6.91. The molecule has 2 aromatic carbocycles. The van der Waals surface area contributed by atoms with Gasteiger partial charge in [0.05, 0.1) is 7.11 Å². The molecule has 5 heteroatoms. The van der Waals surface area contributed by atoms with E-state index in [1.807, 2.05) is 24.3 Å². The lowest BCUT2D eigenvalue weighted by atomic mass is 10.1. The maximum atomic E-state index is 11.9. The first-order valence-corrected chi connectivity index (χ1v) is 6.91. The van der Waals surface area contributed by atoms with Gasteiger partial charge in [0.2, 0.25) is 11.8 Å². The number of nitrogens with one attached hydrogen (secondary N) is 1. The smallest absolute Gasteiger partial charge is 0.248 e. The van der Waals surface area contributed by atoms with Crippen molar-refractivity contribution >= 4 is 17.5 Å². The number of aryl methyl sites for hydroxylation is 1. The van der Waals surface area contributed by atoms with Gasteiger partial charge in [0.25, 0.3) is 0 Å². The number of rotatable bonds is 6. The molecular formula is C17H18N2O3. The fraction of sp³-hybridized carbons (Fsp3) is 0.176. The van der Waals surface area contributed by atoms with Crippen LogP contribution in [0.4, 0.5) is 5.69 Å². The molecule has 3 N–H and O–H groups in total. The lowest BCUT2D eigenvalue weighted by Gasteiger charge is -2.07. The van der Waals surface area contributed by atoms with Crippen LogP contribution in [-0.2, 0) is 11.2 Å². The molecule has 0 spiro atoms. The number of hydrogen-bond donors (Lipinski definition) is 2. The maximum absolute atomic E-state index is 11.9. The molecule has 0 saturated heterocycles. The molecule has 0 heterocycles. The van der Waals surface area contributed by atoms with Gasteiger partial charge < -0.3 is 15.8 Å². The number of nitrogens with two attached hydrogens (primary N) is 1. The van der Waals surface area contributed by atoms with Gasteiger partial charge in [0, 0.05) is 17.7 Å². The second kappa shape index (κ2) is 7.26. The summed E-state index contributed by atoms with van der Waals surface area (Å²) in [7, 11) is 1.61. The van der Waals surface area contributed by atoms with Gasteiger partial charge in [-0.05, 0) is 48.4 Å². The van der Waals surface area contributed by atoms with E-state index in [4.69, 9.17) is 10.5 Å². The van der Waals surface area contributed by atoms with Gasteiger partial charge in [-0.15, -0.1) is 0 Å². The molecule has 0 atom stereocenters. The molecule has 114 valence electrons. The van der Waals surface area contributed by atoms with E-state index in [0.717, 1.165) is 11.3 Å². The zero-order chi connectivity index (χ0) is 15.9. The third-order valence-corrected chi connectivity index (χ3v) is 3.23. The molecule has 0 bridgehead atoms. The van der Waals surface area contributed by atoms with Crippen molar-refractivity contribution in [1.29, 1.82) is 0 Å². The van der Waals surface area contributed by atoms with E-state index in [1.165, 1.54) is 0 Å². The van der Waals surface area contributed by atoms with Crippen LogP contribution in [0.25, 0.3) is 0 Å². The van der Waals surface area contributed by atoms with Gasteiger partial charge in [-0.25, -0.2) is 0 Å². The van der Waals surface area contributed by atoms with Crippen LogP contribution >= 0.6 is 0 Å². The number of amides is 2. The van der Waals surface area contributed by atoms with E-state index >= 15 is 0 Å². The van der Waals surface area contributed by atoms with Gasteiger partial charge >= 0.3 is 0 Å². The van der Waals surface area contributed by atoms with Crippen LogP contribution in [0.2, 0.25) is 0 Å². The topological polar surface area (TPSA) is 81.4 Å². The highest BCUT2D eigenvalue weighted by Crippen LogP contribution is 2.15. The van der Waals surface area contributed by atoms with E-state index in [2.05, 4.69) is 5.32 Å². The Labute approximate surface area is 129 Å². The molecule has 22 heavy (non-hydrogen) atoms. The third kappa shape index (κ3) is 4.34. The van der Waals surface area contributed by atoms with E-state index < -0.39 is 5.91 Å². The predicted molar refractivity (Wildman–Crippen MR) is 84.9 cm³/mol. The quantitative estimate of drug-likeness (QED) is 0.859. The molecule has 2 aromatic rings. The van der Waals surface area contributed by atoms with Crippen LogP contribution < -0.4 is 15.8 Å². The van der Waals surface area contributed by atoms with Gasteiger partial charge in [0.15, 0.2) is 0 Å². The number of methoxy groups -OCH3 is 1. The fourth-order valence-corrected chi connectivity index (χ4v) is 2.03. The highest BCUT2D eigenvalue weighted by Gasteiger charge is 2.05. The predicted octanol–water partition coefficient (Wildman–Crippen LogP) is 2.37. The van der Waals surface area contributed by atoms with Crippen molar-refractivity contribution in [2.45, 2.75) is 12.8 Å². The molecule has 0 aromatic heterocycles. The van der Waals surface area contributed by atoms with E-state index in [1.54, 1.807) is 31.4 Å². The van der Waals surface area contributed by atoms with Crippen LogP contribution in [0.5, 0.6) is 5.75 Å². The van der Waals surface area contributed by atoms with Gasteiger partial charge in [0.1, 0.15) is 5.75 Å². The molecule has 2 rings (SSSR count). The number of carbonyl (C=O) groups excluding carboxylic acids is 2. The summed E-state index contributed by atoms with van der Waals surface area (Å²) < 4.78 is 5.15. The summed E-state index contributed by atoms with van der Waals surface area (Å²) in [4.78, 5) is 22.9. The molecule has 2 amide bonds. The highest BCUT2D eigenvalue weighted by atomic mass is 16.5. The number of benzene rings is 2. The summed E-state index contributed by atoms with van der Waals surface area (Å²) >= 11 is 0. The molecule has 0 fully saturated rings. The summed E-state index contributed by atoms with van der Waals surface area (Å²) in [6, 6.07) is 14.1. The largest absolute Gasteiger partial charge is 0.497 e. The lowest BCUT2D eigenvalue weighted by molar-refractivity contribution is -0.116. The third-order valence-electron chi connectivity index (χ3n) is 3.23. The van der Waals surface area contributed by atoms with Crippen LogP contribution in [0.3, 0.4) is 0 Å². The van der Waals surface area contributed by atoms with E-state index in [0.29, 0.717) is 24.1 Å². The molecule has 0 aliphatic rings. The second-order valence-electron chi connectivity index (χ2n) is 4.84. The molecule has 0 unspecified atom stereocenters. The highest BCUT2D eigenvalue weighted by molar-refractivity contribution is 5.94. The van der Waals surface area contributed by atoms with Crippen LogP contribution in [-0.4, -0.2) is 18.9 Å². The van der Waals surface area contributed by atoms with Gasteiger partial charge in [-0.3, -0.25) is 9.59 Å². The first-order chi connectivity index (χ1) is 10.6. The number of carbonyl (C=O) groups is 2. The van der Waals surface area contributed by atoms with Crippen LogP contribution in [0.1, 0.15) is 22.3 Å². The summed E-state index contributed by atoms with van der Waals surface area (Å²) in [5.74, 6) is 0.200. The number of ether oxygens (including phenoxy) is 1. The summed E-state index contributed by atoms with van der Waals surface area (Å²) in [6.45, 7) is 0. The zero-order valence-electron chi connectivity index (χ0n) is 12.3. The molecule has 0 saturated carbocycles. The van der Waals surface area contributed by atoms with Crippen LogP contribution in [0, 0.1) is 0 Å². The lowest BCUT2D eigenvalue weighted by Crippen LogP contribution is -2.13. The Hall–Kier alpha value is -2.82. The average molecular weight is 298 g/mol. The standard InChI is InChI=1S/C17H18N2O3/c1-22-15-4-2-3-12(11-15)5-10-16(20)19-14-8-6-13(7-9-14)17(18)21/h2-4,6-9,11H,5,10H2,1H3,(H2,18,21)(H,19,20). The Morgan fingerprint density at radius 3 is 2.50 bits per heavy atom. The van der Waals surface area contributed by atoms with Crippen molar-refractivity contribution in [2.75, 3.05) is 12.4 Å². The Bertz CT molecular complexity index is 666. The molecular weight excluding hydrogens is 280 g/mol. The minimum atomic E-state index is -0.490. The normalized spacial score (nSPS) is 10.0. The van der Waals surface area contributed by atoms with E-state index in [-0.39, 0.29) is 5.91 Å². The Morgan fingerprint density at radius 1 is 1.14 bits per heavy atom. The molecule has 5 nitrogen and oxygen atoms in total. The number of primary amides is 1. The van der Waals surface area contributed by atoms with Crippen molar-refractivity contribution in [3.8, 4) is 5.75 Å². The first kappa shape index (κ1) is 15.6. The van der Waals surface area contributed by atoms with Gasteiger partial charge in [-0.1, -0.05) is 12.1 Å². The Balaban J connectivity index is 1.88. The van der Waals surface area contributed by atoms with Crippen molar-refractivity contribution in [2.24, 2.45) is 5.73 Å². The summed E-state index contributed by atoms with van der Waals surface area (Å²) in [5, 5.41) is 2.78. The van der Waals surface area contributed by atoms with Crippen molar-refractivity contribution < 1.29 is 14.3 Å². The Morgan fingerprint density at radius 2 is 1.86 bits per heavy atom. The Kier molecular flexibility index (Phi) is 5.14. The van der Waals surface area contributed by atoms with E-state index in [9.17, 15) is 9.59 Å². The molecule has 0 aliphatic carbocycles. The minimum Gasteiger partial charge on any atom is -0.497 e. The summed E-state index contributed by atoms with van der Waals surface area (Å²) in [6.07, 6.45) is 0.993. The number of hydrogen-bond acceptors (Lipinski definition) is 3. The zero-order valence-corrected chi connectivity index (χ0v) is 12.3. The number of anilines is 1. The van der Waals surface area contributed by atoms with Crippen LogP contribution in [0.15, 0.2) is 48.5 Å². The maximum Gasteiger partial charge on any atom is 0.248 e. The monoisotopic (exact) mass is 298 g/mol. The average Bonchev–Trinajstić information content (AvgIpc) is 2.53. The fourth-order valence-electron chi connectivity index (χ4n) is 2.03. The molecule has 0 aliphatic heterocycles.